The Morgan fingerprint density at radius 3 is 1.65 bits per heavy atom. The van der Waals surface area contributed by atoms with E-state index >= 15 is 0 Å². The van der Waals surface area contributed by atoms with Gasteiger partial charge in [0.25, 0.3) is 0 Å². The fourth-order valence-electron chi connectivity index (χ4n) is 5.57. The van der Waals surface area contributed by atoms with Crippen LogP contribution in [-0.4, -0.2) is 70.7 Å². The third kappa shape index (κ3) is 15.9. The van der Waals surface area contributed by atoms with Crippen molar-refractivity contribution in [1.82, 2.24) is 21.3 Å². The van der Waals surface area contributed by atoms with Crippen molar-refractivity contribution < 1.29 is 29.4 Å². The Bertz CT molecular complexity index is 1240. The van der Waals surface area contributed by atoms with Crippen molar-refractivity contribution in [3.63, 3.8) is 0 Å². The topological polar surface area (TPSA) is 157 Å². The maximum Gasteiger partial charge on any atom is 0.243 e. The fourth-order valence-corrected chi connectivity index (χ4v) is 5.57. The van der Waals surface area contributed by atoms with E-state index in [1.165, 1.54) is 0 Å². The first-order valence-electron chi connectivity index (χ1n) is 17.5. The minimum absolute atomic E-state index is 0.0615. The van der Waals surface area contributed by atoms with Crippen molar-refractivity contribution in [1.29, 1.82) is 0 Å². The summed E-state index contributed by atoms with van der Waals surface area (Å²) >= 11 is 0. The number of hydrogen-bond acceptors (Lipinski definition) is 6. The van der Waals surface area contributed by atoms with Crippen LogP contribution in [0.15, 0.2) is 60.7 Å². The normalized spacial score (nSPS) is 14.4. The number of unbranched alkanes of at least 4 members (excludes halogenated alkanes) is 2. The first kappa shape index (κ1) is 40.4. The molecule has 0 spiro atoms. The summed E-state index contributed by atoms with van der Waals surface area (Å²) < 4.78 is 0. The Kier molecular flexibility index (Phi) is 18.5. The smallest absolute Gasteiger partial charge is 0.243 e. The number of carbonyl (C=O) groups is 4. The Balaban J connectivity index is 2.22. The van der Waals surface area contributed by atoms with Crippen molar-refractivity contribution >= 4 is 23.6 Å². The SMILES string of the molecule is CCCCC[C@@H](O)CC(=O)N[C@@H](CC(C)C)C(=O)N[C@H](Cc1ccccc1)C(=O)N[C@@H](CC(C)C)C(=O)N[C@H](CO)Cc1ccccc1. The number of hydrogen-bond donors (Lipinski definition) is 6. The lowest BCUT2D eigenvalue weighted by atomic mass is 9.99. The van der Waals surface area contributed by atoms with Crippen molar-refractivity contribution in [2.75, 3.05) is 6.61 Å². The molecule has 0 heterocycles. The van der Waals surface area contributed by atoms with Crippen molar-refractivity contribution in [2.45, 2.75) is 123 Å². The van der Waals surface area contributed by atoms with Gasteiger partial charge in [0, 0.05) is 6.42 Å². The van der Waals surface area contributed by atoms with Crippen LogP contribution in [0.25, 0.3) is 0 Å². The number of amides is 4. The quantitative estimate of drug-likeness (QED) is 0.105. The molecule has 0 saturated heterocycles. The van der Waals surface area contributed by atoms with E-state index in [0.717, 1.165) is 30.4 Å². The predicted octanol–water partition coefficient (Wildman–Crippen LogP) is 3.83. The number of nitrogens with one attached hydrogen (secondary N) is 4. The molecule has 0 saturated carbocycles. The van der Waals surface area contributed by atoms with Gasteiger partial charge in [-0.3, -0.25) is 19.2 Å². The van der Waals surface area contributed by atoms with E-state index in [-0.39, 0.29) is 31.3 Å². The van der Waals surface area contributed by atoms with Gasteiger partial charge in [0.1, 0.15) is 18.1 Å². The third-order valence-corrected chi connectivity index (χ3v) is 8.07. The molecule has 0 aliphatic rings. The number of carbonyl (C=O) groups excluding carboxylic acids is 4. The maximum atomic E-state index is 13.9. The van der Waals surface area contributed by atoms with E-state index in [4.69, 9.17) is 0 Å². The van der Waals surface area contributed by atoms with Crippen LogP contribution in [0.2, 0.25) is 0 Å². The van der Waals surface area contributed by atoms with Crippen molar-refractivity contribution in [3.05, 3.63) is 71.8 Å². The van der Waals surface area contributed by atoms with E-state index in [1.807, 2.05) is 88.4 Å². The second-order valence-electron chi connectivity index (χ2n) is 13.6. The molecule has 2 aromatic rings. The molecule has 2 aromatic carbocycles. The van der Waals surface area contributed by atoms with Gasteiger partial charge in [-0.25, -0.2) is 0 Å². The van der Waals surface area contributed by atoms with Crippen molar-refractivity contribution in [3.8, 4) is 0 Å². The highest BCUT2D eigenvalue weighted by molar-refractivity contribution is 5.94. The van der Waals surface area contributed by atoms with Gasteiger partial charge in [-0.05, 0) is 48.6 Å². The van der Waals surface area contributed by atoms with Crippen LogP contribution in [0.1, 0.15) is 90.7 Å². The number of aliphatic hydroxyl groups is 2. The van der Waals surface area contributed by atoms with Gasteiger partial charge >= 0.3 is 0 Å². The molecular weight excluding hydrogens is 608 g/mol. The molecule has 2 rings (SSSR count). The molecule has 48 heavy (non-hydrogen) atoms. The summed E-state index contributed by atoms with van der Waals surface area (Å²) in [5.74, 6) is -1.76. The Morgan fingerprint density at radius 1 is 0.646 bits per heavy atom. The van der Waals surface area contributed by atoms with Gasteiger partial charge in [-0.2, -0.15) is 0 Å². The van der Waals surface area contributed by atoms with Crippen LogP contribution in [0.5, 0.6) is 0 Å². The zero-order valence-corrected chi connectivity index (χ0v) is 29.4. The summed E-state index contributed by atoms with van der Waals surface area (Å²) in [6.45, 7) is 9.57. The van der Waals surface area contributed by atoms with E-state index in [9.17, 15) is 29.4 Å². The highest BCUT2D eigenvalue weighted by atomic mass is 16.3. The van der Waals surface area contributed by atoms with Crippen LogP contribution in [-0.2, 0) is 32.0 Å². The molecule has 0 bridgehead atoms. The molecular formula is C38H58N4O6. The highest BCUT2D eigenvalue weighted by Gasteiger charge is 2.31. The average molecular weight is 667 g/mol. The third-order valence-electron chi connectivity index (χ3n) is 8.07. The predicted molar refractivity (Wildman–Crippen MR) is 189 cm³/mol. The lowest BCUT2D eigenvalue weighted by molar-refractivity contribution is -0.134. The summed E-state index contributed by atoms with van der Waals surface area (Å²) in [6, 6.07) is 15.4. The largest absolute Gasteiger partial charge is 0.394 e. The number of benzene rings is 2. The van der Waals surface area contributed by atoms with Crippen LogP contribution in [0, 0.1) is 11.8 Å². The first-order chi connectivity index (χ1) is 22.9. The molecule has 0 aliphatic heterocycles. The molecule has 0 unspecified atom stereocenters. The summed E-state index contributed by atoms with van der Waals surface area (Å²) in [5.41, 5.74) is 1.77. The van der Waals surface area contributed by atoms with Crippen LogP contribution in [0.3, 0.4) is 0 Å². The number of rotatable bonds is 22. The second kappa shape index (κ2) is 22.0. The van der Waals surface area contributed by atoms with E-state index < -0.39 is 53.9 Å². The van der Waals surface area contributed by atoms with Gasteiger partial charge in [-0.15, -0.1) is 0 Å². The highest BCUT2D eigenvalue weighted by Crippen LogP contribution is 2.12. The Morgan fingerprint density at radius 2 is 1.12 bits per heavy atom. The molecule has 266 valence electrons. The van der Waals surface area contributed by atoms with Crippen LogP contribution >= 0.6 is 0 Å². The Hall–Kier alpha value is -3.76. The lowest BCUT2D eigenvalue weighted by Gasteiger charge is -2.27. The Labute approximate surface area is 286 Å². The molecule has 6 N–H and O–H groups in total. The van der Waals surface area contributed by atoms with Gasteiger partial charge < -0.3 is 31.5 Å². The monoisotopic (exact) mass is 666 g/mol. The van der Waals surface area contributed by atoms with E-state index in [1.54, 1.807) is 0 Å². The molecule has 0 aromatic heterocycles. The molecule has 0 fully saturated rings. The fraction of sp³-hybridized carbons (Fsp3) is 0.579. The average Bonchev–Trinajstić information content (AvgIpc) is 3.04. The van der Waals surface area contributed by atoms with Crippen LogP contribution in [0.4, 0.5) is 0 Å². The maximum absolute atomic E-state index is 13.9. The molecule has 0 aliphatic carbocycles. The number of aliphatic hydroxyl groups excluding tert-OH is 2. The molecule has 4 amide bonds. The van der Waals surface area contributed by atoms with Gasteiger partial charge in [0.15, 0.2) is 0 Å². The zero-order valence-electron chi connectivity index (χ0n) is 29.4. The summed E-state index contributed by atoms with van der Waals surface area (Å²) in [5, 5.41) is 31.7. The standard InChI is InChI=1S/C38H58N4O6/c1-6-7-10-19-31(44)24-35(45)40-32(20-26(2)3)37(47)42-34(23-29-17-13-9-14-18-29)38(48)41-33(21-27(4)5)36(46)39-30(25-43)22-28-15-11-8-12-16-28/h8-9,11-18,26-27,30-34,43-44H,6-7,10,19-25H2,1-5H3,(H,39,46)(H,40,45)(H,41,48)(H,42,47)/t30-,31+,32-,33-,34+/m0/s1. The second-order valence-corrected chi connectivity index (χ2v) is 13.6. The minimum atomic E-state index is -1.04. The molecule has 10 nitrogen and oxygen atoms in total. The first-order valence-corrected chi connectivity index (χ1v) is 17.5. The van der Waals surface area contributed by atoms with Gasteiger partial charge in [0.2, 0.25) is 23.6 Å². The molecule has 10 heteroatoms. The zero-order chi connectivity index (χ0) is 35.5. The minimum Gasteiger partial charge on any atom is -0.394 e. The van der Waals surface area contributed by atoms with Crippen molar-refractivity contribution in [2.24, 2.45) is 11.8 Å². The molecule has 0 radical (unpaired) electrons. The summed E-state index contributed by atoms with van der Waals surface area (Å²) in [6.07, 6.45) is 3.69. The summed E-state index contributed by atoms with van der Waals surface area (Å²) in [4.78, 5) is 53.9. The summed E-state index contributed by atoms with van der Waals surface area (Å²) in [7, 11) is 0. The van der Waals surface area contributed by atoms with Crippen LogP contribution < -0.4 is 21.3 Å². The van der Waals surface area contributed by atoms with Gasteiger partial charge in [-0.1, -0.05) is 115 Å². The van der Waals surface area contributed by atoms with E-state index in [2.05, 4.69) is 28.2 Å². The van der Waals surface area contributed by atoms with Gasteiger partial charge in [0.05, 0.1) is 25.2 Å². The molecule has 5 atom stereocenters. The lowest BCUT2D eigenvalue weighted by Crippen LogP contribution is -2.58. The van der Waals surface area contributed by atoms with E-state index in [0.29, 0.717) is 25.7 Å².